The second-order valence-electron chi connectivity index (χ2n) is 4.94. The van der Waals surface area contributed by atoms with Crippen molar-refractivity contribution in [1.29, 1.82) is 0 Å². The Morgan fingerprint density at radius 1 is 0.833 bits per heavy atom. The van der Waals surface area contributed by atoms with Crippen LogP contribution in [0.3, 0.4) is 0 Å². The first kappa shape index (κ1) is 17.8. The Kier molecular flexibility index (Phi) is 14.7. The number of aliphatic carboxylic acids is 1. The Bertz CT molecular complexity index is 183. The molecule has 2 nitrogen and oxygen atoms in total. The highest BCUT2D eigenvalue weighted by atomic mass is 32.2. The van der Waals surface area contributed by atoms with E-state index < -0.39 is 5.97 Å². The van der Waals surface area contributed by atoms with Gasteiger partial charge in [0.05, 0.1) is 0 Å². The Labute approximate surface area is 117 Å². The molecule has 0 aromatic rings. The minimum Gasteiger partial charge on any atom is -0.481 e. The number of rotatable bonds is 14. The summed E-state index contributed by atoms with van der Waals surface area (Å²) in [4.78, 5) is 10.3. The summed E-state index contributed by atoms with van der Waals surface area (Å²) in [5.41, 5.74) is 0. The van der Waals surface area contributed by atoms with Gasteiger partial charge in [-0.25, -0.2) is 0 Å². The van der Waals surface area contributed by atoms with Crippen molar-refractivity contribution in [1.82, 2.24) is 0 Å². The summed E-state index contributed by atoms with van der Waals surface area (Å²) in [5, 5.41) is 8.49. The van der Waals surface area contributed by atoms with Crippen LogP contribution in [0.4, 0.5) is 0 Å². The zero-order valence-corrected chi connectivity index (χ0v) is 12.8. The molecule has 0 saturated heterocycles. The van der Waals surface area contributed by atoms with Crippen LogP contribution >= 0.6 is 11.8 Å². The molecule has 0 aliphatic carbocycles. The molecule has 0 fully saturated rings. The fraction of sp³-hybridized carbons (Fsp3) is 0.933. The lowest BCUT2D eigenvalue weighted by atomic mass is 10.1. The third-order valence-corrected chi connectivity index (χ3v) is 4.23. The maximum Gasteiger partial charge on any atom is 0.303 e. The van der Waals surface area contributed by atoms with Crippen LogP contribution in [0.5, 0.6) is 0 Å². The summed E-state index contributed by atoms with van der Waals surface area (Å²) in [6, 6.07) is 0. The van der Waals surface area contributed by atoms with E-state index in [-0.39, 0.29) is 0 Å². The van der Waals surface area contributed by atoms with E-state index in [1.54, 1.807) is 0 Å². The molecule has 18 heavy (non-hydrogen) atoms. The third-order valence-electron chi connectivity index (χ3n) is 3.07. The largest absolute Gasteiger partial charge is 0.481 e. The van der Waals surface area contributed by atoms with E-state index in [0.29, 0.717) is 6.42 Å². The van der Waals surface area contributed by atoms with Crippen LogP contribution < -0.4 is 0 Å². The van der Waals surface area contributed by atoms with Gasteiger partial charge in [-0.1, -0.05) is 51.9 Å². The zero-order valence-electron chi connectivity index (χ0n) is 12.0. The monoisotopic (exact) mass is 274 g/mol. The summed E-state index contributed by atoms with van der Waals surface area (Å²) >= 11 is 2.10. The Morgan fingerprint density at radius 3 is 1.89 bits per heavy atom. The quantitative estimate of drug-likeness (QED) is 0.447. The van der Waals surface area contributed by atoms with Crippen LogP contribution in [-0.2, 0) is 4.79 Å². The summed E-state index contributed by atoms with van der Waals surface area (Å²) in [6.45, 7) is 2.25. The first-order valence-electron chi connectivity index (χ1n) is 7.57. The molecule has 0 radical (unpaired) electrons. The van der Waals surface area contributed by atoms with E-state index >= 15 is 0 Å². The van der Waals surface area contributed by atoms with Gasteiger partial charge in [-0.15, -0.1) is 0 Å². The standard InChI is InChI=1S/C15H30O2S/c1-2-3-13-18-14-11-9-7-5-4-6-8-10-12-15(16)17/h2-14H2,1H3,(H,16,17). The fourth-order valence-electron chi connectivity index (χ4n) is 1.89. The van der Waals surface area contributed by atoms with Gasteiger partial charge in [-0.2, -0.15) is 11.8 Å². The molecular weight excluding hydrogens is 244 g/mol. The number of thioether (sulfide) groups is 1. The molecule has 108 valence electrons. The summed E-state index contributed by atoms with van der Waals surface area (Å²) in [6.07, 6.45) is 12.9. The molecule has 3 heteroatoms. The average molecular weight is 274 g/mol. The van der Waals surface area contributed by atoms with E-state index in [4.69, 9.17) is 5.11 Å². The molecule has 0 aliphatic heterocycles. The van der Waals surface area contributed by atoms with Crippen LogP contribution in [0.1, 0.15) is 77.6 Å². The molecule has 0 spiro atoms. The first-order valence-corrected chi connectivity index (χ1v) is 8.72. The van der Waals surface area contributed by atoms with Gasteiger partial charge >= 0.3 is 5.97 Å². The van der Waals surface area contributed by atoms with Gasteiger partial charge in [0.15, 0.2) is 0 Å². The Hall–Kier alpha value is -0.180. The topological polar surface area (TPSA) is 37.3 Å². The normalized spacial score (nSPS) is 10.7. The van der Waals surface area contributed by atoms with Gasteiger partial charge in [0.25, 0.3) is 0 Å². The number of hydrogen-bond acceptors (Lipinski definition) is 2. The predicted octanol–water partition coefficient (Wildman–Crippen LogP) is 5.12. The second kappa shape index (κ2) is 14.9. The van der Waals surface area contributed by atoms with Crippen LogP contribution in [0.25, 0.3) is 0 Å². The lowest BCUT2D eigenvalue weighted by Gasteiger charge is -2.02. The van der Waals surface area contributed by atoms with Crippen molar-refractivity contribution in [2.75, 3.05) is 11.5 Å². The van der Waals surface area contributed by atoms with E-state index in [9.17, 15) is 4.79 Å². The van der Waals surface area contributed by atoms with E-state index in [1.807, 2.05) is 0 Å². The highest BCUT2D eigenvalue weighted by Crippen LogP contribution is 2.12. The molecule has 0 bridgehead atoms. The smallest absolute Gasteiger partial charge is 0.303 e. The molecule has 0 atom stereocenters. The van der Waals surface area contributed by atoms with Crippen LogP contribution in [-0.4, -0.2) is 22.6 Å². The minimum atomic E-state index is -0.657. The Morgan fingerprint density at radius 2 is 1.33 bits per heavy atom. The van der Waals surface area contributed by atoms with E-state index in [2.05, 4.69) is 18.7 Å². The van der Waals surface area contributed by atoms with Crippen molar-refractivity contribution >= 4 is 17.7 Å². The Balaban J connectivity index is 2.92. The van der Waals surface area contributed by atoms with Crippen molar-refractivity contribution in [2.24, 2.45) is 0 Å². The third kappa shape index (κ3) is 15.8. The summed E-state index contributed by atoms with van der Waals surface area (Å²) in [7, 11) is 0. The molecular formula is C15H30O2S. The summed E-state index contributed by atoms with van der Waals surface area (Å²) < 4.78 is 0. The lowest BCUT2D eigenvalue weighted by molar-refractivity contribution is -0.137. The van der Waals surface area contributed by atoms with Crippen LogP contribution in [0.2, 0.25) is 0 Å². The minimum absolute atomic E-state index is 0.342. The average Bonchev–Trinajstić information content (AvgIpc) is 2.34. The van der Waals surface area contributed by atoms with Crippen molar-refractivity contribution in [3.05, 3.63) is 0 Å². The molecule has 0 unspecified atom stereocenters. The molecule has 0 saturated carbocycles. The number of hydrogen-bond donors (Lipinski definition) is 1. The van der Waals surface area contributed by atoms with E-state index in [0.717, 1.165) is 12.8 Å². The maximum absolute atomic E-state index is 10.3. The number of unbranched alkanes of at least 4 members (excludes halogenated alkanes) is 8. The SMILES string of the molecule is CCCCSCCCCCCCCCCC(=O)O. The highest BCUT2D eigenvalue weighted by Gasteiger charge is 1.96. The molecule has 0 heterocycles. The molecule has 0 aromatic carbocycles. The van der Waals surface area contributed by atoms with Gasteiger partial charge in [-0.3, -0.25) is 4.79 Å². The molecule has 1 N–H and O–H groups in total. The molecule has 0 aromatic heterocycles. The van der Waals surface area contributed by atoms with Crippen molar-refractivity contribution in [3.63, 3.8) is 0 Å². The maximum atomic E-state index is 10.3. The second-order valence-corrected chi connectivity index (χ2v) is 6.16. The molecule has 0 aliphatic rings. The van der Waals surface area contributed by atoms with Gasteiger partial charge in [0.1, 0.15) is 0 Å². The van der Waals surface area contributed by atoms with Crippen molar-refractivity contribution in [2.45, 2.75) is 77.6 Å². The molecule has 0 amide bonds. The fourth-order valence-corrected chi connectivity index (χ4v) is 2.99. The highest BCUT2D eigenvalue weighted by molar-refractivity contribution is 7.99. The number of carboxylic acid groups (broad SMARTS) is 1. The predicted molar refractivity (Wildman–Crippen MR) is 81.4 cm³/mol. The first-order chi connectivity index (χ1) is 8.77. The van der Waals surface area contributed by atoms with Crippen LogP contribution in [0.15, 0.2) is 0 Å². The van der Waals surface area contributed by atoms with E-state index in [1.165, 1.54) is 62.9 Å². The number of carbonyl (C=O) groups is 1. The van der Waals surface area contributed by atoms with Gasteiger partial charge < -0.3 is 5.11 Å². The van der Waals surface area contributed by atoms with Gasteiger partial charge in [0.2, 0.25) is 0 Å². The van der Waals surface area contributed by atoms with Gasteiger partial charge in [0, 0.05) is 6.42 Å². The number of carboxylic acids is 1. The zero-order chi connectivity index (χ0) is 13.5. The van der Waals surface area contributed by atoms with Crippen molar-refractivity contribution < 1.29 is 9.90 Å². The van der Waals surface area contributed by atoms with Crippen LogP contribution in [0, 0.1) is 0 Å². The lowest BCUT2D eigenvalue weighted by Crippen LogP contribution is -1.93. The molecule has 0 rings (SSSR count). The summed E-state index contributed by atoms with van der Waals surface area (Å²) in [5.74, 6) is 2.01. The van der Waals surface area contributed by atoms with Gasteiger partial charge in [-0.05, 0) is 30.8 Å². The van der Waals surface area contributed by atoms with Crippen molar-refractivity contribution in [3.8, 4) is 0 Å².